The van der Waals surface area contributed by atoms with Gasteiger partial charge in [-0.15, -0.1) is 0 Å². The smallest absolute Gasteiger partial charge is 0.258 e. The van der Waals surface area contributed by atoms with Gasteiger partial charge in [-0.2, -0.15) is 0 Å². The minimum atomic E-state index is -0.361. The Kier molecular flexibility index (Phi) is 4.56. The van der Waals surface area contributed by atoms with E-state index in [0.717, 1.165) is 12.8 Å². The maximum atomic E-state index is 12.9. The van der Waals surface area contributed by atoms with Gasteiger partial charge in [-0.25, -0.2) is 4.39 Å². The van der Waals surface area contributed by atoms with Gasteiger partial charge < -0.3 is 10.1 Å². The largest absolute Gasteiger partial charge is 0.484 e. The molecule has 0 aliphatic heterocycles. The summed E-state index contributed by atoms with van der Waals surface area (Å²) in [7, 11) is 0. The Labute approximate surface area is 106 Å². The summed E-state index contributed by atoms with van der Waals surface area (Å²) in [5, 5.41) is 2.95. The average molecular weight is 251 g/mol. The lowest BCUT2D eigenvalue weighted by Gasteiger charge is -2.22. The minimum absolute atomic E-state index is 0.0556. The molecule has 2 rings (SSSR count). The van der Waals surface area contributed by atoms with Crippen LogP contribution in [0.2, 0.25) is 0 Å². The number of hydrogen-bond donors (Lipinski definition) is 1. The molecule has 0 atom stereocenters. The summed E-state index contributed by atoms with van der Waals surface area (Å²) in [6.07, 6.45) is 5.70. The van der Waals surface area contributed by atoms with Crippen molar-refractivity contribution < 1.29 is 13.9 Å². The van der Waals surface area contributed by atoms with E-state index < -0.39 is 0 Å². The Morgan fingerprint density at radius 3 is 2.83 bits per heavy atom. The number of rotatable bonds is 4. The standard InChI is InChI=1S/C14H18FNO2/c15-11-5-4-8-13(9-11)18-10-14(17)16-12-6-2-1-3-7-12/h4-5,8-9,12H,1-3,6-7,10H2,(H,16,17). The minimum Gasteiger partial charge on any atom is -0.484 e. The summed E-state index contributed by atoms with van der Waals surface area (Å²) < 4.78 is 18.1. The van der Waals surface area contributed by atoms with Gasteiger partial charge in [-0.1, -0.05) is 25.3 Å². The molecule has 1 N–H and O–H groups in total. The van der Waals surface area contributed by atoms with Gasteiger partial charge in [0, 0.05) is 12.1 Å². The van der Waals surface area contributed by atoms with Crippen molar-refractivity contribution in [3.05, 3.63) is 30.1 Å². The molecular weight excluding hydrogens is 233 g/mol. The zero-order chi connectivity index (χ0) is 12.8. The molecule has 0 heterocycles. The van der Waals surface area contributed by atoms with Crippen molar-refractivity contribution in [3.63, 3.8) is 0 Å². The van der Waals surface area contributed by atoms with Crippen LogP contribution < -0.4 is 10.1 Å². The second-order valence-electron chi connectivity index (χ2n) is 4.65. The summed E-state index contributed by atoms with van der Waals surface area (Å²) in [4.78, 5) is 11.6. The molecule has 1 aliphatic carbocycles. The maximum Gasteiger partial charge on any atom is 0.258 e. The summed E-state index contributed by atoms with van der Waals surface area (Å²) >= 11 is 0. The van der Waals surface area contributed by atoms with E-state index in [4.69, 9.17) is 4.74 Å². The van der Waals surface area contributed by atoms with Crippen molar-refractivity contribution in [3.8, 4) is 5.75 Å². The molecule has 0 aromatic heterocycles. The number of nitrogens with one attached hydrogen (secondary N) is 1. The van der Waals surface area contributed by atoms with E-state index in [-0.39, 0.29) is 24.4 Å². The van der Waals surface area contributed by atoms with E-state index in [1.54, 1.807) is 12.1 Å². The van der Waals surface area contributed by atoms with E-state index in [9.17, 15) is 9.18 Å². The first-order valence-corrected chi connectivity index (χ1v) is 6.42. The fourth-order valence-corrected chi connectivity index (χ4v) is 2.22. The van der Waals surface area contributed by atoms with Crippen molar-refractivity contribution in [2.24, 2.45) is 0 Å². The lowest BCUT2D eigenvalue weighted by atomic mass is 9.95. The monoisotopic (exact) mass is 251 g/mol. The summed E-state index contributed by atoms with van der Waals surface area (Å²) in [5.41, 5.74) is 0. The Balaban J connectivity index is 1.74. The van der Waals surface area contributed by atoms with Crippen LogP contribution in [0.4, 0.5) is 4.39 Å². The fraction of sp³-hybridized carbons (Fsp3) is 0.500. The molecule has 1 amide bonds. The quantitative estimate of drug-likeness (QED) is 0.893. The van der Waals surface area contributed by atoms with Gasteiger partial charge in [-0.3, -0.25) is 4.79 Å². The van der Waals surface area contributed by atoms with E-state index >= 15 is 0 Å². The summed E-state index contributed by atoms with van der Waals surface area (Å²) in [5.74, 6) is -0.111. The Morgan fingerprint density at radius 2 is 2.11 bits per heavy atom. The molecule has 0 spiro atoms. The third kappa shape index (κ3) is 4.02. The molecular formula is C14H18FNO2. The van der Waals surface area contributed by atoms with Crippen LogP contribution in [0.3, 0.4) is 0 Å². The molecule has 4 heteroatoms. The molecule has 0 unspecified atom stereocenters. The van der Waals surface area contributed by atoms with Crippen molar-refractivity contribution in [2.45, 2.75) is 38.1 Å². The number of carbonyl (C=O) groups is 1. The molecule has 0 radical (unpaired) electrons. The first-order chi connectivity index (χ1) is 8.74. The summed E-state index contributed by atoms with van der Waals surface area (Å²) in [6, 6.07) is 6.09. The van der Waals surface area contributed by atoms with Crippen molar-refractivity contribution in [1.82, 2.24) is 5.32 Å². The van der Waals surface area contributed by atoms with E-state index in [1.165, 1.54) is 31.4 Å². The zero-order valence-electron chi connectivity index (χ0n) is 10.3. The fourth-order valence-electron chi connectivity index (χ4n) is 2.22. The highest BCUT2D eigenvalue weighted by Gasteiger charge is 2.15. The second-order valence-corrected chi connectivity index (χ2v) is 4.65. The van der Waals surface area contributed by atoms with Gasteiger partial charge in [0.25, 0.3) is 5.91 Å². The molecule has 1 aromatic carbocycles. The molecule has 0 bridgehead atoms. The topological polar surface area (TPSA) is 38.3 Å². The summed E-state index contributed by atoms with van der Waals surface area (Å²) in [6.45, 7) is -0.0556. The van der Waals surface area contributed by atoms with Crippen LogP contribution in [0.1, 0.15) is 32.1 Å². The van der Waals surface area contributed by atoms with Crippen LogP contribution in [-0.2, 0) is 4.79 Å². The van der Waals surface area contributed by atoms with Crippen LogP contribution >= 0.6 is 0 Å². The number of halogens is 1. The van der Waals surface area contributed by atoms with E-state index in [2.05, 4.69) is 5.32 Å². The van der Waals surface area contributed by atoms with Crippen LogP contribution in [0.25, 0.3) is 0 Å². The van der Waals surface area contributed by atoms with Gasteiger partial charge >= 0.3 is 0 Å². The maximum absolute atomic E-state index is 12.9. The number of amides is 1. The lowest BCUT2D eigenvalue weighted by molar-refractivity contribution is -0.124. The van der Waals surface area contributed by atoms with Gasteiger partial charge in [0.05, 0.1) is 0 Å². The molecule has 1 saturated carbocycles. The highest BCUT2D eigenvalue weighted by molar-refractivity contribution is 5.77. The normalized spacial score (nSPS) is 16.3. The van der Waals surface area contributed by atoms with E-state index in [1.807, 2.05) is 0 Å². The van der Waals surface area contributed by atoms with Gasteiger partial charge in [0.2, 0.25) is 0 Å². The Hall–Kier alpha value is -1.58. The number of hydrogen-bond acceptors (Lipinski definition) is 2. The average Bonchev–Trinajstić information content (AvgIpc) is 2.38. The molecule has 1 aromatic rings. The Bertz CT molecular complexity index is 403. The molecule has 98 valence electrons. The van der Waals surface area contributed by atoms with Gasteiger partial charge in [0.1, 0.15) is 11.6 Å². The van der Waals surface area contributed by atoms with Gasteiger partial charge in [0.15, 0.2) is 6.61 Å². The van der Waals surface area contributed by atoms with Crippen LogP contribution in [-0.4, -0.2) is 18.6 Å². The highest BCUT2D eigenvalue weighted by atomic mass is 19.1. The first-order valence-electron chi connectivity index (χ1n) is 6.42. The predicted molar refractivity (Wildman–Crippen MR) is 66.9 cm³/mol. The van der Waals surface area contributed by atoms with Crippen LogP contribution in [0, 0.1) is 5.82 Å². The lowest BCUT2D eigenvalue weighted by Crippen LogP contribution is -2.38. The van der Waals surface area contributed by atoms with E-state index in [0.29, 0.717) is 5.75 Å². The number of carbonyl (C=O) groups excluding carboxylic acids is 1. The molecule has 1 aliphatic rings. The predicted octanol–water partition coefficient (Wildman–Crippen LogP) is 2.65. The third-order valence-corrected chi connectivity index (χ3v) is 3.14. The SMILES string of the molecule is O=C(COc1cccc(F)c1)NC1CCCCC1. The molecule has 1 fully saturated rings. The Morgan fingerprint density at radius 1 is 1.33 bits per heavy atom. The van der Waals surface area contributed by atoms with Crippen LogP contribution in [0.15, 0.2) is 24.3 Å². The number of ether oxygens (including phenoxy) is 1. The number of benzene rings is 1. The van der Waals surface area contributed by atoms with Crippen molar-refractivity contribution in [1.29, 1.82) is 0 Å². The van der Waals surface area contributed by atoms with Crippen molar-refractivity contribution in [2.75, 3.05) is 6.61 Å². The van der Waals surface area contributed by atoms with Gasteiger partial charge in [-0.05, 0) is 25.0 Å². The first kappa shape index (κ1) is 12.9. The third-order valence-electron chi connectivity index (χ3n) is 3.14. The van der Waals surface area contributed by atoms with Crippen molar-refractivity contribution >= 4 is 5.91 Å². The highest BCUT2D eigenvalue weighted by Crippen LogP contribution is 2.17. The molecule has 0 saturated heterocycles. The molecule has 18 heavy (non-hydrogen) atoms. The molecule has 3 nitrogen and oxygen atoms in total. The second kappa shape index (κ2) is 6.38. The zero-order valence-corrected chi connectivity index (χ0v) is 10.3. The van der Waals surface area contributed by atoms with Crippen LogP contribution in [0.5, 0.6) is 5.75 Å².